The van der Waals surface area contributed by atoms with Crippen molar-refractivity contribution in [2.24, 2.45) is 0 Å². The van der Waals surface area contributed by atoms with E-state index in [1.807, 2.05) is 51.1 Å². The Morgan fingerprint density at radius 1 is 1.04 bits per heavy atom. The number of ether oxygens (including phenoxy) is 1. The SMILES string of the molecule is COc1cc(F)c(C(C)C)cc1-c1cc2ccccc2nc1C. The summed E-state index contributed by atoms with van der Waals surface area (Å²) in [5, 5.41) is 1.06. The standard InChI is InChI=1S/C20H20FNO/c1-12(2)15-10-17(20(23-4)11-18(15)21)16-9-14-7-5-6-8-19(14)22-13(16)3/h5-12H,1-4H3. The quantitative estimate of drug-likeness (QED) is 0.639. The van der Waals surface area contributed by atoms with E-state index in [1.165, 1.54) is 6.07 Å². The van der Waals surface area contributed by atoms with Crippen LogP contribution in [0, 0.1) is 12.7 Å². The van der Waals surface area contributed by atoms with Gasteiger partial charge in [0.15, 0.2) is 0 Å². The Morgan fingerprint density at radius 2 is 1.78 bits per heavy atom. The van der Waals surface area contributed by atoms with E-state index in [-0.39, 0.29) is 11.7 Å². The topological polar surface area (TPSA) is 22.1 Å². The van der Waals surface area contributed by atoms with Crippen molar-refractivity contribution >= 4 is 10.9 Å². The molecule has 0 bridgehead atoms. The number of hydrogen-bond donors (Lipinski definition) is 0. The number of fused-ring (bicyclic) bond motifs is 1. The molecule has 0 saturated carbocycles. The Bertz CT molecular complexity index is 871. The highest BCUT2D eigenvalue weighted by Gasteiger charge is 2.16. The van der Waals surface area contributed by atoms with Crippen LogP contribution in [-0.2, 0) is 0 Å². The van der Waals surface area contributed by atoms with Gasteiger partial charge in [0, 0.05) is 28.3 Å². The number of halogens is 1. The zero-order valence-electron chi connectivity index (χ0n) is 13.9. The Balaban J connectivity index is 2.28. The summed E-state index contributed by atoms with van der Waals surface area (Å²) < 4.78 is 19.7. The van der Waals surface area contributed by atoms with Crippen molar-refractivity contribution in [3.8, 4) is 16.9 Å². The lowest BCUT2D eigenvalue weighted by atomic mass is 9.94. The van der Waals surface area contributed by atoms with Crippen LogP contribution in [-0.4, -0.2) is 12.1 Å². The minimum Gasteiger partial charge on any atom is -0.496 e. The second-order valence-electron chi connectivity index (χ2n) is 6.04. The second kappa shape index (κ2) is 5.99. The van der Waals surface area contributed by atoms with Crippen molar-refractivity contribution in [3.63, 3.8) is 0 Å². The summed E-state index contributed by atoms with van der Waals surface area (Å²) in [6.07, 6.45) is 0. The normalized spacial score (nSPS) is 11.2. The van der Waals surface area contributed by atoms with Crippen LogP contribution in [0.25, 0.3) is 22.0 Å². The summed E-state index contributed by atoms with van der Waals surface area (Å²) in [6.45, 7) is 5.94. The number of aromatic nitrogens is 1. The number of methoxy groups -OCH3 is 1. The lowest BCUT2D eigenvalue weighted by Gasteiger charge is -2.16. The van der Waals surface area contributed by atoms with E-state index in [2.05, 4.69) is 11.1 Å². The summed E-state index contributed by atoms with van der Waals surface area (Å²) in [6, 6.07) is 13.4. The Morgan fingerprint density at radius 3 is 2.48 bits per heavy atom. The average Bonchev–Trinajstić information content (AvgIpc) is 2.53. The van der Waals surface area contributed by atoms with Gasteiger partial charge in [-0.3, -0.25) is 4.98 Å². The van der Waals surface area contributed by atoms with Crippen molar-refractivity contribution in [2.75, 3.05) is 7.11 Å². The van der Waals surface area contributed by atoms with Crippen LogP contribution in [0.2, 0.25) is 0 Å². The summed E-state index contributed by atoms with van der Waals surface area (Å²) in [5.74, 6) is 0.410. The van der Waals surface area contributed by atoms with Crippen LogP contribution in [0.5, 0.6) is 5.75 Å². The van der Waals surface area contributed by atoms with E-state index in [0.29, 0.717) is 11.3 Å². The van der Waals surface area contributed by atoms with E-state index in [0.717, 1.165) is 27.7 Å². The molecule has 0 atom stereocenters. The van der Waals surface area contributed by atoms with Gasteiger partial charge in [0.1, 0.15) is 11.6 Å². The van der Waals surface area contributed by atoms with Gasteiger partial charge in [-0.05, 0) is 36.6 Å². The Hall–Kier alpha value is -2.42. The molecule has 0 aliphatic rings. The molecule has 0 radical (unpaired) electrons. The van der Waals surface area contributed by atoms with Crippen LogP contribution in [0.4, 0.5) is 4.39 Å². The third-order valence-electron chi connectivity index (χ3n) is 4.15. The molecule has 3 rings (SSSR count). The van der Waals surface area contributed by atoms with E-state index in [9.17, 15) is 4.39 Å². The van der Waals surface area contributed by atoms with Gasteiger partial charge in [0.2, 0.25) is 0 Å². The van der Waals surface area contributed by atoms with Gasteiger partial charge in [0.25, 0.3) is 0 Å². The minimum absolute atomic E-state index is 0.105. The molecular weight excluding hydrogens is 289 g/mol. The molecule has 3 heteroatoms. The molecule has 0 fully saturated rings. The van der Waals surface area contributed by atoms with Crippen LogP contribution >= 0.6 is 0 Å². The zero-order chi connectivity index (χ0) is 16.6. The number of pyridine rings is 1. The van der Waals surface area contributed by atoms with Gasteiger partial charge in [-0.25, -0.2) is 4.39 Å². The molecule has 1 aromatic heterocycles. The fraction of sp³-hybridized carbons (Fsp3) is 0.250. The Kier molecular flexibility index (Phi) is 4.03. The van der Waals surface area contributed by atoms with E-state index < -0.39 is 0 Å². The number of aryl methyl sites for hydroxylation is 1. The number of benzene rings is 2. The first-order chi connectivity index (χ1) is 11.0. The zero-order valence-corrected chi connectivity index (χ0v) is 13.9. The van der Waals surface area contributed by atoms with Gasteiger partial charge in [-0.2, -0.15) is 0 Å². The van der Waals surface area contributed by atoms with Gasteiger partial charge >= 0.3 is 0 Å². The summed E-state index contributed by atoms with van der Waals surface area (Å²) in [4.78, 5) is 4.68. The maximum atomic E-state index is 14.2. The highest BCUT2D eigenvalue weighted by Crippen LogP contribution is 2.37. The Labute approximate surface area is 135 Å². The molecule has 118 valence electrons. The number of rotatable bonds is 3. The van der Waals surface area contributed by atoms with Crippen molar-refractivity contribution in [1.29, 1.82) is 0 Å². The predicted octanol–water partition coefficient (Wildman–Crippen LogP) is 5.48. The average molecular weight is 309 g/mol. The van der Waals surface area contributed by atoms with Crippen LogP contribution < -0.4 is 4.74 Å². The third kappa shape index (κ3) is 2.79. The first kappa shape index (κ1) is 15.5. The fourth-order valence-corrected chi connectivity index (χ4v) is 2.88. The smallest absolute Gasteiger partial charge is 0.130 e. The van der Waals surface area contributed by atoms with Gasteiger partial charge in [-0.1, -0.05) is 32.0 Å². The molecule has 0 aliphatic carbocycles. The lowest BCUT2D eigenvalue weighted by molar-refractivity contribution is 0.412. The summed E-state index contributed by atoms with van der Waals surface area (Å²) in [5.41, 5.74) is 4.41. The molecule has 0 aliphatic heterocycles. The molecule has 0 amide bonds. The van der Waals surface area contributed by atoms with E-state index in [1.54, 1.807) is 7.11 Å². The maximum absolute atomic E-state index is 14.2. The number of nitrogens with zero attached hydrogens (tertiary/aromatic N) is 1. The van der Waals surface area contributed by atoms with Crippen LogP contribution in [0.3, 0.4) is 0 Å². The molecule has 3 aromatic rings. The molecule has 0 N–H and O–H groups in total. The largest absolute Gasteiger partial charge is 0.496 e. The van der Waals surface area contributed by atoms with Gasteiger partial charge in [0.05, 0.1) is 12.6 Å². The number of hydrogen-bond acceptors (Lipinski definition) is 2. The summed E-state index contributed by atoms with van der Waals surface area (Å²) in [7, 11) is 1.57. The minimum atomic E-state index is -0.230. The molecule has 0 unspecified atom stereocenters. The molecule has 1 heterocycles. The van der Waals surface area contributed by atoms with E-state index >= 15 is 0 Å². The van der Waals surface area contributed by atoms with Gasteiger partial charge < -0.3 is 4.74 Å². The van der Waals surface area contributed by atoms with Crippen molar-refractivity contribution in [2.45, 2.75) is 26.7 Å². The molecule has 2 aromatic carbocycles. The first-order valence-electron chi connectivity index (χ1n) is 7.75. The predicted molar refractivity (Wildman–Crippen MR) is 92.5 cm³/mol. The second-order valence-corrected chi connectivity index (χ2v) is 6.04. The third-order valence-corrected chi connectivity index (χ3v) is 4.15. The van der Waals surface area contributed by atoms with Gasteiger partial charge in [-0.15, -0.1) is 0 Å². The maximum Gasteiger partial charge on any atom is 0.130 e. The van der Waals surface area contributed by atoms with Crippen molar-refractivity contribution < 1.29 is 9.13 Å². The van der Waals surface area contributed by atoms with Crippen molar-refractivity contribution in [1.82, 2.24) is 4.98 Å². The van der Waals surface area contributed by atoms with Crippen molar-refractivity contribution in [3.05, 3.63) is 59.5 Å². The van der Waals surface area contributed by atoms with Crippen LogP contribution in [0.1, 0.15) is 31.0 Å². The highest BCUT2D eigenvalue weighted by atomic mass is 19.1. The lowest BCUT2D eigenvalue weighted by Crippen LogP contribution is -1.99. The molecule has 23 heavy (non-hydrogen) atoms. The van der Waals surface area contributed by atoms with E-state index in [4.69, 9.17) is 4.74 Å². The summed E-state index contributed by atoms with van der Waals surface area (Å²) >= 11 is 0. The fourth-order valence-electron chi connectivity index (χ4n) is 2.88. The molecule has 0 saturated heterocycles. The van der Waals surface area contributed by atoms with Crippen LogP contribution in [0.15, 0.2) is 42.5 Å². The highest BCUT2D eigenvalue weighted by molar-refractivity contribution is 5.86. The molecule has 2 nitrogen and oxygen atoms in total. The first-order valence-corrected chi connectivity index (χ1v) is 7.75. The monoisotopic (exact) mass is 309 g/mol. The number of para-hydroxylation sites is 1. The molecule has 0 spiro atoms. The molecular formula is C20H20FNO.